The van der Waals surface area contributed by atoms with Gasteiger partial charge in [0.25, 0.3) is 0 Å². The molecule has 88 valence electrons. The summed E-state index contributed by atoms with van der Waals surface area (Å²) >= 11 is 0. The summed E-state index contributed by atoms with van der Waals surface area (Å²) in [6.45, 7) is 2.14. The number of nitrogens with two attached hydrogens (primary N) is 1. The van der Waals surface area contributed by atoms with Crippen LogP contribution in [0.1, 0.15) is 5.56 Å². The minimum atomic E-state index is -0.121. The zero-order chi connectivity index (χ0) is 12.3. The number of amides is 1. The van der Waals surface area contributed by atoms with E-state index in [2.05, 4.69) is 10.3 Å². The van der Waals surface area contributed by atoms with Crippen LogP contribution < -0.4 is 11.1 Å². The molecule has 0 fully saturated rings. The molecule has 0 aliphatic heterocycles. The van der Waals surface area contributed by atoms with Crippen LogP contribution in [-0.2, 0) is 11.3 Å². The summed E-state index contributed by atoms with van der Waals surface area (Å²) in [5.74, 6) is -0.121. The van der Waals surface area contributed by atoms with E-state index in [1.807, 2.05) is 19.1 Å². The molecule has 17 heavy (non-hydrogen) atoms. The molecule has 5 heteroatoms. The average molecular weight is 230 g/mol. The number of anilines is 2. The maximum atomic E-state index is 11.8. The molecule has 5 nitrogen and oxygen atoms in total. The Morgan fingerprint density at radius 2 is 2.35 bits per heavy atom. The third-order valence-corrected chi connectivity index (χ3v) is 2.45. The van der Waals surface area contributed by atoms with E-state index in [1.165, 1.54) is 0 Å². The number of imidazole rings is 1. The summed E-state index contributed by atoms with van der Waals surface area (Å²) in [6, 6.07) is 5.53. The predicted octanol–water partition coefficient (Wildman–Crippen LogP) is 1.41. The van der Waals surface area contributed by atoms with Crippen molar-refractivity contribution < 1.29 is 4.79 Å². The number of aromatic nitrogens is 2. The molecule has 3 N–H and O–H groups in total. The van der Waals surface area contributed by atoms with E-state index in [1.54, 1.807) is 29.4 Å². The normalized spacial score (nSPS) is 10.2. The van der Waals surface area contributed by atoms with Crippen molar-refractivity contribution in [1.29, 1.82) is 0 Å². The van der Waals surface area contributed by atoms with Gasteiger partial charge in [-0.05, 0) is 18.6 Å². The lowest BCUT2D eigenvalue weighted by Gasteiger charge is -2.11. The summed E-state index contributed by atoms with van der Waals surface area (Å²) in [7, 11) is 0. The number of hydrogen-bond donors (Lipinski definition) is 2. The first-order valence-electron chi connectivity index (χ1n) is 5.27. The van der Waals surface area contributed by atoms with Crippen LogP contribution in [-0.4, -0.2) is 15.5 Å². The average Bonchev–Trinajstić information content (AvgIpc) is 2.76. The molecule has 1 amide bonds. The van der Waals surface area contributed by atoms with Gasteiger partial charge in [-0.2, -0.15) is 0 Å². The fraction of sp³-hybridized carbons (Fsp3) is 0.167. The predicted molar refractivity (Wildman–Crippen MR) is 66.4 cm³/mol. The number of hydrogen-bond acceptors (Lipinski definition) is 3. The Labute approximate surface area is 99.3 Å². The van der Waals surface area contributed by atoms with Gasteiger partial charge in [0.1, 0.15) is 6.54 Å². The molecule has 1 heterocycles. The largest absolute Gasteiger partial charge is 0.397 e. The number of nitrogen functional groups attached to an aromatic ring is 1. The second-order valence-corrected chi connectivity index (χ2v) is 3.82. The molecule has 0 saturated heterocycles. The smallest absolute Gasteiger partial charge is 0.244 e. The van der Waals surface area contributed by atoms with Gasteiger partial charge in [0.2, 0.25) is 5.91 Å². The van der Waals surface area contributed by atoms with E-state index in [4.69, 9.17) is 5.73 Å². The van der Waals surface area contributed by atoms with Crippen molar-refractivity contribution in [2.75, 3.05) is 11.1 Å². The monoisotopic (exact) mass is 230 g/mol. The van der Waals surface area contributed by atoms with Crippen LogP contribution in [0.15, 0.2) is 36.9 Å². The summed E-state index contributed by atoms with van der Waals surface area (Å²) in [4.78, 5) is 15.6. The molecule has 0 aliphatic carbocycles. The van der Waals surface area contributed by atoms with Crippen molar-refractivity contribution >= 4 is 17.3 Å². The third-order valence-electron chi connectivity index (χ3n) is 2.45. The third kappa shape index (κ3) is 2.63. The molecule has 0 radical (unpaired) electrons. The van der Waals surface area contributed by atoms with Crippen molar-refractivity contribution in [3.63, 3.8) is 0 Å². The molecule has 0 spiro atoms. The Kier molecular flexibility index (Phi) is 3.09. The molecule has 1 aromatic heterocycles. The van der Waals surface area contributed by atoms with Gasteiger partial charge >= 0.3 is 0 Å². The number of carbonyl (C=O) groups is 1. The lowest BCUT2D eigenvalue weighted by Crippen LogP contribution is -2.19. The highest BCUT2D eigenvalue weighted by Gasteiger charge is 2.07. The van der Waals surface area contributed by atoms with Gasteiger partial charge < -0.3 is 15.6 Å². The molecular weight excluding hydrogens is 216 g/mol. The van der Waals surface area contributed by atoms with E-state index in [9.17, 15) is 4.79 Å². The van der Waals surface area contributed by atoms with Crippen LogP contribution in [0.5, 0.6) is 0 Å². The number of carbonyl (C=O) groups excluding carboxylic acids is 1. The topological polar surface area (TPSA) is 72.9 Å². The molecular formula is C12H14N4O. The standard InChI is InChI=1S/C12H14N4O/c1-9-3-2-4-10(13)12(9)15-11(17)7-16-6-5-14-8-16/h2-6,8H,7,13H2,1H3,(H,15,17). The zero-order valence-electron chi connectivity index (χ0n) is 9.55. The first-order valence-corrected chi connectivity index (χ1v) is 5.27. The number of nitrogens with zero attached hydrogens (tertiary/aromatic N) is 2. The van der Waals surface area contributed by atoms with Crippen molar-refractivity contribution in [1.82, 2.24) is 9.55 Å². The second kappa shape index (κ2) is 4.69. The Morgan fingerprint density at radius 1 is 1.53 bits per heavy atom. The molecule has 0 unspecified atom stereocenters. The van der Waals surface area contributed by atoms with Crippen molar-refractivity contribution in [2.45, 2.75) is 13.5 Å². The number of aryl methyl sites for hydroxylation is 1. The maximum absolute atomic E-state index is 11.8. The Balaban J connectivity index is 2.08. The minimum Gasteiger partial charge on any atom is -0.397 e. The quantitative estimate of drug-likeness (QED) is 0.783. The van der Waals surface area contributed by atoms with E-state index >= 15 is 0 Å². The van der Waals surface area contributed by atoms with Crippen LogP contribution in [0.3, 0.4) is 0 Å². The van der Waals surface area contributed by atoms with Crippen LogP contribution in [0.2, 0.25) is 0 Å². The Bertz CT molecular complexity index is 499. The van der Waals surface area contributed by atoms with Gasteiger partial charge in [0, 0.05) is 12.4 Å². The van der Waals surface area contributed by atoms with Gasteiger partial charge in [-0.15, -0.1) is 0 Å². The highest BCUT2D eigenvalue weighted by Crippen LogP contribution is 2.22. The van der Waals surface area contributed by atoms with Crippen LogP contribution in [0.4, 0.5) is 11.4 Å². The van der Waals surface area contributed by atoms with E-state index in [-0.39, 0.29) is 12.5 Å². The first-order chi connectivity index (χ1) is 8.16. The molecule has 0 bridgehead atoms. The van der Waals surface area contributed by atoms with Gasteiger partial charge in [0.05, 0.1) is 17.7 Å². The van der Waals surface area contributed by atoms with E-state index < -0.39 is 0 Å². The van der Waals surface area contributed by atoms with Gasteiger partial charge in [-0.25, -0.2) is 4.98 Å². The summed E-state index contributed by atoms with van der Waals surface area (Å²) in [6.07, 6.45) is 4.97. The number of nitrogens with one attached hydrogen (secondary N) is 1. The summed E-state index contributed by atoms with van der Waals surface area (Å²) in [5, 5.41) is 2.80. The molecule has 0 aliphatic rings. The Morgan fingerprint density at radius 3 is 3.00 bits per heavy atom. The van der Waals surface area contributed by atoms with Gasteiger partial charge in [-0.1, -0.05) is 12.1 Å². The maximum Gasteiger partial charge on any atom is 0.244 e. The molecule has 1 aromatic carbocycles. The molecule has 0 saturated carbocycles. The van der Waals surface area contributed by atoms with E-state index in [0.29, 0.717) is 11.4 Å². The van der Waals surface area contributed by atoms with E-state index in [0.717, 1.165) is 5.56 Å². The highest BCUT2D eigenvalue weighted by molar-refractivity contribution is 5.94. The lowest BCUT2D eigenvalue weighted by molar-refractivity contribution is -0.116. The zero-order valence-corrected chi connectivity index (χ0v) is 9.55. The van der Waals surface area contributed by atoms with Gasteiger partial charge in [0.15, 0.2) is 0 Å². The van der Waals surface area contributed by atoms with Gasteiger partial charge in [-0.3, -0.25) is 4.79 Å². The number of benzene rings is 1. The number of para-hydroxylation sites is 1. The molecule has 2 aromatic rings. The fourth-order valence-corrected chi connectivity index (χ4v) is 1.59. The van der Waals surface area contributed by atoms with Crippen molar-refractivity contribution in [3.05, 3.63) is 42.5 Å². The highest BCUT2D eigenvalue weighted by atomic mass is 16.1. The fourth-order valence-electron chi connectivity index (χ4n) is 1.59. The SMILES string of the molecule is Cc1cccc(N)c1NC(=O)Cn1ccnc1. The Hall–Kier alpha value is -2.30. The summed E-state index contributed by atoms with van der Waals surface area (Å²) in [5.41, 5.74) is 8.01. The van der Waals surface area contributed by atoms with Crippen LogP contribution >= 0.6 is 0 Å². The lowest BCUT2D eigenvalue weighted by atomic mass is 10.1. The second-order valence-electron chi connectivity index (χ2n) is 3.82. The summed E-state index contributed by atoms with van der Waals surface area (Å²) < 4.78 is 1.70. The molecule has 0 atom stereocenters. The van der Waals surface area contributed by atoms with Crippen molar-refractivity contribution in [2.24, 2.45) is 0 Å². The number of rotatable bonds is 3. The van der Waals surface area contributed by atoms with Crippen LogP contribution in [0.25, 0.3) is 0 Å². The first kappa shape index (κ1) is 11.2. The molecule has 2 rings (SSSR count). The van der Waals surface area contributed by atoms with Crippen molar-refractivity contribution in [3.8, 4) is 0 Å². The van der Waals surface area contributed by atoms with Crippen LogP contribution in [0, 0.1) is 6.92 Å². The minimum absolute atomic E-state index is 0.121.